The van der Waals surface area contributed by atoms with Crippen LogP contribution in [0.1, 0.15) is 37.7 Å². The number of nitrogens with zero attached hydrogens (tertiary/aromatic N) is 3. The van der Waals surface area contributed by atoms with Crippen molar-refractivity contribution in [1.82, 2.24) is 15.0 Å². The van der Waals surface area contributed by atoms with Crippen molar-refractivity contribution >= 4 is 17.0 Å². The third-order valence-corrected chi connectivity index (χ3v) is 4.28. The minimum Gasteiger partial charge on any atom is -0.481 e. The number of hydrogen-bond acceptors (Lipinski definition) is 3. The SMILES string of the molecule is Cn1nnc2ccc(C3(C(=O)O)CCCCC3)cc21. The van der Waals surface area contributed by atoms with Crippen molar-refractivity contribution in [2.75, 3.05) is 0 Å². The van der Waals surface area contributed by atoms with E-state index in [-0.39, 0.29) is 0 Å². The molecule has 1 aromatic carbocycles. The van der Waals surface area contributed by atoms with Crippen LogP contribution >= 0.6 is 0 Å². The number of carbonyl (C=O) groups is 1. The Kier molecular flexibility index (Phi) is 2.77. The number of aliphatic carboxylic acids is 1. The minimum atomic E-state index is -0.725. The Morgan fingerprint density at radius 3 is 2.74 bits per heavy atom. The number of aromatic nitrogens is 3. The van der Waals surface area contributed by atoms with Crippen molar-refractivity contribution in [2.24, 2.45) is 7.05 Å². The van der Waals surface area contributed by atoms with Crippen LogP contribution in [-0.4, -0.2) is 26.1 Å². The van der Waals surface area contributed by atoms with Crippen molar-refractivity contribution in [3.05, 3.63) is 23.8 Å². The maximum atomic E-state index is 11.8. The summed E-state index contributed by atoms with van der Waals surface area (Å²) in [5, 5.41) is 17.7. The summed E-state index contributed by atoms with van der Waals surface area (Å²) >= 11 is 0. The normalized spacial score (nSPS) is 18.6. The van der Waals surface area contributed by atoms with Crippen molar-refractivity contribution < 1.29 is 9.90 Å². The summed E-state index contributed by atoms with van der Waals surface area (Å²) in [4.78, 5) is 11.8. The van der Waals surface area contributed by atoms with Crippen LogP contribution in [0.4, 0.5) is 0 Å². The number of benzene rings is 1. The highest BCUT2D eigenvalue weighted by Crippen LogP contribution is 2.40. The van der Waals surface area contributed by atoms with Crippen molar-refractivity contribution in [1.29, 1.82) is 0 Å². The van der Waals surface area contributed by atoms with Gasteiger partial charge in [0.1, 0.15) is 5.52 Å². The fraction of sp³-hybridized carbons (Fsp3) is 0.500. The zero-order chi connectivity index (χ0) is 13.5. The second kappa shape index (κ2) is 4.33. The Labute approximate surface area is 111 Å². The maximum Gasteiger partial charge on any atom is 0.314 e. The summed E-state index contributed by atoms with van der Waals surface area (Å²) < 4.78 is 1.69. The van der Waals surface area contributed by atoms with Gasteiger partial charge in [0.25, 0.3) is 0 Å². The van der Waals surface area contributed by atoms with E-state index in [4.69, 9.17) is 0 Å². The van der Waals surface area contributed by atoms with E-state index >= 15 is 0 Å². The number of rotatable bonds is 2. The van der Waals surface area contributed by atoms with Gasteiger partial charge < -0.3 is 5.11 Å². The lowest BCUT2D eigenvalue weighted by atomic mass is 9.69. The van der Waals surface area contributed by atoms with Crippen LogP contribution in [0.5, 0.6) is 0 Å². The molecule has 0 amide bonds. The van der Waals surface area contributed by atoms with Crippen LogP contribution in [0.2, 0.25) is 0 Å². The van der Waals surface area contributed by atoms with Gasteiger partial charge in [0, 0.05) is 7.05 Å². The van der Waals surface area contributed by atoms with E-state index in [1.807, 2.05) is 25.2 Å². The maximum absolute atomic E-state index is 11.8. The number of fused-ring (bicyclic) bond motifs is 1. The number of carboxylic acid groups (broad SMARTS) is 1. The van der Waals surface area contributed by atoms with Gasteiger partial charge in [-0.2, -0.15) is 0 Å². The highest BCUT2D eigenvalue weighted by atomic mass is 16.4. The monoisotopic (exact) mass is 259 g/mol. The molecule has 3 rings (SSSR count). The Morgan fingerprint density at radius 2 is 2.05 bits per heavy atom. The largest absolute Gasteiger partial charge is 0.481 e. The summed E-state index contributed by atoms with van der Waals surface area (Å²) in [5.41, 5.74) is 1.86. The molecule has 0 saturated heterocycles. The first-order valence-corrected chi connectivity index (χ1v) is 6.67. The zero-order valence-corrected chi connectivity index (χ0v) is 11.0. The fourth-order valence-electron chi connectivity index (χ4n) is 3.11. The quantitative estimate of drug-likeness (QED) is 0.898. The van der Waals surface area contributed by atoms with Gasteiger partial charge in [-0.25, -0.2) is 4.68 Å². The molecule has 100 valence electrons. The van der Waals surface area contributed by atoms with Gasteiger partial charge in [0.15, 0.2) is 0 Å². The van der Waals surface area contributed by atoms with E-state index in [0.29, 0.717) is 0 Å². The van der Waals surface area contributed by atoms with E-state index in [1.54, 1.807) is 4.68 Å². The minimum absolute atomic E-state index is 0.707. The molecule has 0 radical (unpaired) electrons. The van der Waals surface area contributed by atoms with E-state index in [1.165, 1.54) is 0 Å². The van der Waals surface area contributed by atoms with Crippen LogP contribution in [0, 0.1) is 0 Å². The third-order valence-electron chi connectivity index (χ3n) is 4.28. The lowest BCUT2D eigenvalue weighted by Crippen LogP contribution is -2.37. The molecular weight excluding hydrogens is 242 g/mol. The molecule has 0 bridgehead atoms. The highest BCUT2D eigenvalue weighted by Gasteiger charge is 2.41. The zero-order valence-electron chi connectivity index (χ0n) is 11.0. The topological polar surface area (TPSA) is 68.0 Å². The Morgan fingerprint density at radius 1 is 1.32 bits per heavy atom. The molecule has 1 fully saturated rings. The highest BCUT2D eigenvalue weighted by molar-refractivity contribution is 5.84. The van der Waals surface area contributed by atoms with Gasteiger partial charge in [-0.1, -0.05) is 30.5 Å². The summed E-state index contributed by atoms with van der Waals surface area (Å²) in [6.07, 6.45) is 4.53. The first kappa shape index (κ1) is 12.1. The van der Waals surface area contributed by atoms with E-state index in [2.05, 4.69) is 10.3 Å². The summed E-state index contributed by atoms with van der Waals surface area (Å²) in [6, 6.07) is 5.71. The Balaban J connectivity index is 2.14. The first-order valence-electron chi connectivity index (χ1n) is 6.67. The molecule has 1 aliphatic carbocycles. The summed E-state index contributed by atoms with van der Waals surface area (Å²) in [6.45, 7) is 0. The molecule has 0 aliphatic heterocycles. The summed E-state index contributed by atoms with van der Waals surface area (Å²) in [5.74, 6) is -0.707. The predicted molar refractivity (Wildman–Crippen MR) is 70.9 cm³/mol. The number of carboxylic acids is 1. The predicted octanol–water partition coefficient (Wildman–Crippen LogP) is 2.25. The Hall–Kier alpha value is -1.91. The molecule has 1 aromatic heterocycles. The lowest BCUT2D eigenvalue weighted by Gasteiger charge is -2.33. The van der Waals surface area contributed by atoms with Gasteiger partial charge in [-0.05, 0) is 30.5 Å². The van der Waals surface area contributed by atoms with E-state index in [0.717, 1.165) is 48.7 Å². The van der Waals surface area contributed by atoms with E-state index < -0.39 is 11.4 Å². The molecule has 0 spiro atoms. The number of aryl methyl sites for hydroxylation is 1. The smallest absolute Gasteiger partial charge is 0.314 e. The van der Waals surface area contributed by atoms with Gasteiger partial charge in [-0.15, -0.1) is 5.10 Å². The third kappa shape index (κ3) is 1.80. The van der Waals surface area contributed by atoms with Crippen LogP contribution in [0.25, 0.3) is 11.0 Å². The molecule has 19 heavy (non-hydrogen) atoms. The molecule has 0 unspecified atom stereocenters. The average molecular weight is 259 g/mol. The molecule has 5 nitrogen and oxygen atoms in total. The van der Waals surface area contributed by atoms with Gasteiger partial charge in [-0.3, -0.25) is 4.79 Å². The second-order valence-electron chi connectivity index (χ2n) is 5.36. The molecular formula is C14H17N3O2. The lowest BCUT2D eigenvalue weighted by molar-refractivity contribution is -0.145. The van der Waals surface area contributed by atoms with Crippen LogP contribution in [0.3, 0.4) is 0 Å². The fourth-order valence-corrected chi connectivity index (χ4v) is 3.11. The molecule has 0 atom stereocenters. The van der Waals surface area contributed by atoms with E-state index in [9.17, 15) is 9.90 Å². The van der Waals surface area contributed by atoms with Crippen LogP contribution in [-0.2, 0) is 17.3 Å². The van der Waals surface area contributed by atoms with Crippen LogP contribution < -0.4 is 0 Å². The average Bonchev–Trinajstić information content (AvgIpc) is 2.80. The van der Waals surface area contributed by atoms with Crippen LogP contribution in [0.15, 0.2) is 18.2 Å². The summed E-state index contributed by atoms with van der Waals surface area (Å²) in [7, 11) is 1.83. The molecule has 2 aromatic rings. The van der Waals surface area contributed by atoms with Crippen molar-refractivity contribution in [3.63, 3.8) is 0 Å². The van der Waals surface area contributed by atoms with Crippen molar-refractivity contribution in [2.45, 2.75) is 37.5 Å². The standard InChI is InChI=1S/C14H17N3O2/c1-17-12-9-10(5-6-11(12)15-16-17)14(13(18)19)7-3-2-4-8-14/h5-6,9H,2-4,7-8H2,1H3,(H,18,19). The first-order chi connectivity index (χ1) is 9.13. The Bertz CT molecular complexity index is 627. The molecule has 5 heteroatoms. The van der Waals surface area contributed by atoms with Crippen molar-refractivity contribution in [3.8, 4) is 0 Å². The van der Waals surface area contributed by atoms with Gasteiger partial charge in [0.2, 0.25) is 0 Å². The van der Waals surface area contributed by atoms with Gasteiger partial charge >= 0.3 is 5.97 Å². The second-order valence-corrected chi connectivity index (χ2v) is 5.36. The molecule has 1 N–H and O–H groups in total. The molecule has 1 saturated carbocycles. The molecule has 1 heterocycles. The van der Waals surface area contributed by atoms with Gasteiger partial charge in [0.05, 0.1) is 10.9 Å². The number of hydrogen-bond donors (Lipinski definition) is 1. The molecule has 1 aliphatic rings.